The number of alkyl halides is 2. The van der Waals surface area contributed by atoms with E-state index in [9.17, 15) is 13.6 Å². The van der Waals surface area contributed by atoms with E-state index in [1.54, 1.807) is 18.5 Å². The normalized spacial score (nSPS) is 24.1. The molecule has 2 aromatic rings. The second kappa shape index (κ2) is 8.20. The summed E-state index contributed by atoms with van der Waals surface area (Å²) in [6.07, 6.45) is 2.91. The molecule has 0 radical (unpaired) electrons. The molecule has 2 aliphatic rings. The van der Waals surface area contributed by atoms with Crippen LogP contribution in [-0.2, 0) is 5.41 Å². The Labute approximate surface area is 182 Å². The van der Waals surface area contributed by atoms with Gasteiger partial charge in [0.25, 0.3) is 12.3 Å². The van der Waals surface area contributed by atoms with Crippen molar-refractivity contribution in [2.75, 3.05) is 18.4 Å². The van der Waals surface area contributed by atoms with Crippen molar-refractivity contribution >= 4 is 11.7 Å². The maximum Gasteiger partial charge on any atom is 0.260 e. The predicted molar refractivity (Wildman–Crippen MR) is 116 cm³/mol. The van der Waals surface area contributed by atoms with Crippen molar-refractivity contribution in [1.29, 1.82) is 0 Å². The zero-order valence-electron chi connectivity index (χ0n) is 18.6. The van der Waals surface area contributed by atoms with E-state index in [1.165, 1.54) is 4.68 Å². The van der Waals surface area contributed by atoms with Gasteiger partial charge in [0.05, 0.1) is 5.69 Å². The number of aryl methyl sites for hydroxylation is 1. The van der Waals surface area contributed by atoms with Crippen molar-refractivity contribution in [3.63, 3.8) is 0 Å². The maximum atomic E-state index is 14.0. The van der Waals surface area contributed by atoms with E-state index >= 15 is 0 Å². The number of hydrogen-bond donors (Lipinski definition) is 1. The number of hydrogen-bond acceptors (Lipinski definition) is 4. The lowest BCUT2D eigenvalue weighted by Gasteiger charge is -2.41. The zero-order valence-corrected chi connectivity index (χ0v) is 18.6. The van der Waals surface area contributed by atoms with Crippen LogP contribution in [0, 0.1) is 12.8 Å². The zero-order chi connectivity index (χ0) is 22.3. The van der Waals surface area contributed by atoms with Crippen LogP contribution >= 0.6 is 0 Å². The molecule has 31 heavy (non-hydrogen) atoms. The van der Waals surface area contributed by atoms with Gasteiger partial charge in [0, 0.05) is 48.6 Å². The molecular formula is C23H31F2N5O. The van der Waals surface area contributed by atoms with Crippen LogP contribution in [0.25, 0.3) is 0 Å². The van der Waals surface area contributed by atoms with Gasteiger partial charge in [0.1, 0.15) is 11.9 Å². The van der Waals surface area contributed by atoms with E-state index in [0.717, 1.165) is 24.1 Å². The van der Waals surface area contributed by atoms with E-state index in [1.807, 2.05) is 38.7 Å². The smallest absolute Gasteiger partial charge is 0.260 e. The number of halogens is 2. The molecule has 8 heteroatoms. The van der Waals surface area contributed by atoms with Crippen LogP contribution in [0.5, 0.6) is 0 Å². The number of pyridine rings is 1. The Morgan fingerprint density at radius 3 is 2.77 bits per heavy atom. The molecule has 6 nitrogen and oxygen atoms in total. The van der Waals surface area contributed by atoms with Gasteiger partial charge in [-0.05, 0) is 43.7 Å². The molecule has 0 saturated carbocycles. The Kier molecular flexibility index (Phi) is 5.75. The first-order valence-electron chi connectivity index (χ1n) is 11.0. The highest BCUT2D eigenvalue weighted by Crippen LogP contribution is 2.38. The van der Waals surface area contributed by atoms with Crippen LogP contribution in [0.15, 0.2) is 24.5 Å². The lowest BCUT2D eigenvalue weighted by molar-refractivity contribution is 0.0504. The fourth-order valence-electron chi connectivity index (χ4n) is 4.66. The molecule has 4 rings (SSSR count). The Bertz CT molecular complexity index is 952. The second-order valence-corrected chi connectivity index (χ2v) is 9.84. The minimum atomic E-state index is -2.49. The van der Waals surface area contributed by atoms with Crippen molar-refractivity contribution in [2.24, 2.45) is 5.92 Å². The Morgan fingerprint density at radius 2 is 2.10 bits per heavy atom. The number of fused-ring (bicyclic) bond motifs is 1. The molecule has 0 spiro atoms. The van der Waals surface area contributed by atoms with Gasteiger partial charge >= 0.3 is 0 Å². The molecule has 3 atom stereocenters. The van der Waals surface area contributed by atoms with Crippen LogP contribution in [0.3, 0.4) is 0 Å². The fraction of sp³-hybridized carbons (Fsp3) is 0.609. The van der Waals surface area contributed by atoms with Gasteiger partial charge in [-0.2, -0.15) is 5.10 Å². The molecule has 1 N–H and O–H groups in total. The van der Waals surface area contributed by atoms with Crippen LogP contribution in [0.2, 0.25) is 0 Å². The molecule has 0 bridgehead atoms. The third-order valence-electron chi connectivity index (χ3n) is 6.50. The summed E-state index contributed by atoms with van der Waals surface area (Å²) in [6, 6.07) is 2.57. The highest BCUT2D eigenvalue weighted by atomic mass is 19.3. The summed E-state index contributed by atoms with van der Waals surface area (Å²) >= 11 is 0. The number of piperidine rings is 1. The van der Waals surface area contributed by atoms with Crippen LogP contribution in [0.4, 0.5) is 14.6 Å². The van der Waals surface area contributed by atoms with Gasteiger partial charge in [-0.15, -0.1) is 0 Å². The lowest BCUT2D eigenvalue weighted by Crippen LogP contribution is -2.48. The molecule has 1 amide bonds. The topological polar surface area (TPSA) is 63.1 Å². The highest BCUT2D eigenvalue weighted by molar-refractivity contribution is 5.95. The molecule has 1 fully saturated rings. The van der Waals surface area contributed by atoms with E-state index in [-0.39, 0.29) is 23.3 Å². The summed E-state index contributed by atoms with van der Waals surface area (Å²) in [5.41, 5.74) is 2.09. The minimum absolute atomic E-state index is 0.00844. The summed E-state index contributed by atoms with van der Waals surface area (Å²) in [5.74, 6) is 0.758. The van der Waals surface area contributed by atoms with Crippen molar-refractivity contribution in [3.05, 3.63) is 41.3 Å². The molecule has 2 aliphatic heterocycles. The fourth-order valence-corrected chi connectivity index (χ4v) is 4.66. The number of likely N-dealkylation sites (tertiary alicyclic amines) is 1. The Morgan fingerprint density at radius 1 is 1.32 bits per heavy atom. The summed E-state index contributed by atoms with van der Waals surface area (Å²) in [7, 11) is 0. The van der Waals surface area contributed by atoms with Crippen molar-refractivity contribution < 1.29 is 13.6 Å². The molecule has 2 aromatic heterocycles. The summed E-state index contributed by atoms with van der Waals surface area (Å²) in [5, 5.41) is 7.97. The molecule has 0 aliphatic carbocycles. The average Bonchev–Trinajstić information content (AvgIpc) is 3.17. The highest BCUT2D eigenvalue weighted by Gasteiger charge is 2.39. The van der Waals surface area contributed by atoms with Gasteiger partial charge in [-0.1, -0.05) is 20.8 Å². The van der Waals surface area contributed by atoms with E-state index < -0.39 is 12.5 Å². The number of anilines is 1. The largest absolute Gasteiger partial charge is 0.367 e. The number of carbonyl (C=O) groups excluding carboxylic acids is 1. The lowest BCUT2D eigenvalue weighted by atomic mass is 9.85. The standard InChI is InChI=1S/C23H31F2N5O/c1-14-12-26-8-7-16(14)22(31)29-9-5-6-15(13-29)17-10-18(21(24)25)30-20(27-17)11-19(28-30)23(2,3)4/h7-8,11-12,15,17-18,21,27H,5-6,9-10,13H2,1-4H3/t15-,17-,18+/m0/s1. The molecule has 1 saturated heterocycles. The molecular weight excluding hydrogens is 400 g/mol. The van der Waals surface area contributed by atoms with Crippen LogP contribution in [0.1, 0.15) is 67.7 Å². The monoisotopic (exact) mass is 431 g/mol. The Hall–Kier alpha value is -2.51. The molecule has 0 unspecified atom stereocenters. The SMILES string of the molecule is Cc1cnccc1C(=O)N1CCC[C@H]([C@@H]2C[C@H](C(F)F)n3nc(C(C)(C)C)cc3N2)C1. The number of rotatable bonds is 3. The maximum absolute atomic E-state index is 14.0. The number of nitrogens with one attached hydrogen (secondary N) is 1. The van der Waals surface area contributed by atoms with E-state index in [2.05, 4.69) is 15.4 Å². The van der Waals surface area contributed by atoms with Gasteiger partial charge < -0.3 is 10.2 Å². The van der Waals surface area contributed by atoms with Gasteiger partial charge in [0.2, 0.25) is 0 Å². The molecule has 4 heterocycles. The summed E-state index contributed by atoms with van der Waals surface area (Å²) in [6.45, 7) is 9.22. The van der Waals surface area contributed by atoms with E-state index in [0.29, 0.717) is 30.9 Å². The number of amides is 1. The molecule has 0 aromatic carbocycles. The number of nitrogens with zero attached hydrogens (tertiary/aromatic N) is 4. The van der Waals surface area contributed by atoms with Crippen LogP contribution < -0.4 is 5.32 Å². The van der Waals surface area contributed by atoms with Crippen LogP contribution in [-0.4, -0.2) is 51.1 Å². The number of carbonyl (C=O) groups is 1. The average molecular weight is 432 g/mol. The first kappa shape index (κ1) is 21.7. The van der Waals surface area contributed by atoms with Gasteiger partial charge in [-0.25, -0.2) is 13.5 Å². The minimum Gasteiger partial charge on any atom is -0.367 e. The first-order valence-corrected chi connectivity index (χ1v) is 11.0. The van der Waals surface area contributed by atoms with Crippen molar-refractivity contribution in [3.8, 4) is 0 Å². The number of aromatic nitrogens is 3. The summed E-state index contributed by atoms with van der Waals surface area (Å²) in [4.78, 5) is 19.0. The van der Waals surface area contributed by atoms with Crippen molar-refractivity contribution in [2.45, 2.75) is 70.9 Å². The predicted octanol–water partition coefficient (Wildman–Crippen LogP) is 4.43. The van der Waals surface area contributed by atoms with Crippen molar-refractivity contribution in [1.82, 2.24) is 19.7 Å². The third kappa shape index (κ3) is 4.29. The quantitative estimate of drug-likeness (QED) is 0.781. The Balaban J connectivity index is 1.55. The van der Waals surface area contributed by atoms with E-state index in [4.69, 9.17) is 0 Å². The third-order valence-corrected chi connectivity index (χ3v) is 6.50. The summed E-state index contributed by atoms with van der Waals surface area (Å²) < 4.78 is 29.4. The first-order chi connectivity index (χ1) is 14.6. The van der Waals surface area contributed by atoms with Gasteiger partial charge in [0.15, 0.2) is 0 Å². The molecule has 168 valence electrons. The second-order valence-electron chi connectivity index (χ2n) is 9.84. The van der Waals surface area contributed by atoms with Gasteiger partial charge in [-0.3, -0.25) is 9.78 Å².